The molecular formula is C16H13NO2. The summed E-state index contributed by atoms with van der Waals surface area (Å²) in [6, 6.07) is 16.1. The van der Waals surface area contributed by atoms with E-state index in [1.807, 2.05) is 54.6 Å². The molecule has 2 aliphatic heterocycles. The largest absolute Gasteiger partial charge is 0.456 e. The molecule has 94 valence electrons. The second-order valence-corrected chi connectivity index (χ2v) is 4.78. The van der Waals surface area contributed by atoms with Gasteiger partial charge in [0.2, 0.25) is 0 Å². The van der Waals surface area contributed by atoms with Gasteiger partial charge in [-0.25, -0.2) is 0 Å². The molecule has 0 atom stereocenters. The molecule has 2 aromatic carbocycles. The Morgan fingerprint density at radius 1 is 0.895 bits per heavy atom. The highest BCUT2D eigenvalue weighted by atomic mass is 16.7. The fourth-order valence-electron chi connectivity index (χ4n) is 2.62. The summed E-state index contributed by atoms with van der Waals surface area (Å²) in [7, 11) is 1.95. The molecule has 0 saturated carbocycles. The van der Waals surface area contributed by atoms with Gasteiger partial charge in [0, 0.05) is 18.2 Å². The average molecular weight is 251 g/mol. The highest BCUT2D eigenvalue weighted by molar-refractivity contribution is 5.94. The Bertz CT molecular complexity index is 633. The lowest BCUT2D eigenvalue weighted by Crippen LogP contribution is -2.12. The van der Waals surface area contributed by atoms with E-state index in [1.165, 1.54) is 5.57 Å². The Balaban J connectivity index is 2.02. The highest BCUT2D eigenvalue weighted by Gasteiger charge is 2.30. The minimum Gasteiger partial charge on any atom is -0.456 e. The molecule has 19 heavy (non-hydrogen) atoms. The predicted octanol–water partition coefficient (Wildman–Crippen LogP) is 3.54. The van der Waals surface area contributed by atoms with Gasteiger partial charge in [-0.1, -0.05) is 30.3 Å². The Kier molecular flexibility index (Phi) is 2.17. The van der Waals surface area contributed by atoms with Gasteiger partial charge < -0.3 is 9.57 Å². The fourth-order valence-corrected chi connectivity index (χ4v) is 2.62. The quantitative estimate of drug-likeness (QED) is 0.715. The lowest BCUT2D eigenvalue weighted by molar-refractivity contribution is -0.0337. The van der Waals surface area contributed by atoms with Gasteiger partial charge in [-0.2, -0.15) is 0 Å². The number of fused-ring (bicyclic) bond motifs is 4. The lowest BCUT2D eigenvalue weighted by atomic mass is 10.0. The number of likely N-dealkylation sites (N-methyl/N-ethyl adjacent to an activating group) is 1. The maximum Gasteiger partial charge on any atom is 0.163 e. The first-order valence-corrected chi connectivity index (χ1v) is 6.32. The van der Waals surface area contributed by atoms with Crippen LogP contribution in [0.15, 0.2) is 48.5 Å². The molecule has 4 rings (SSSR count). The van der Waals surface area contributed by atoms with E-state index in [4.69, 9.17) is 9.57 Å². The van der Waals surface area contributed by atoms with E-state index in [0.717, 1.165) is 34.9 Å². The van der Waals surface area contributed by atoms with E-state index in [1.54, 1.807) is 0 Å². The van der Waals surface area contributed by atoms with Crippen molar-refractivity contribution in [2.45, 2.75) is 0 Å². The molecule has 0 saturated heterocycles. The van der Waals surface area contributed by atoms with Gasteiger partial charge >= 0.3 is 0 Å². The van der Waals surface area contributed by atoms with Crippen molar-refractivity contribution >= 4 is 11.3 Å². The van der Waals surface area contributed by atoms with Crippen molar-refractivity contribution in [3.8, 4) is 11.5 Å². The van der Waals surface area contributed by atoms with Gasteiger partial charge in [-0.3, -0.25) is 0 Å². The molecule has 0 aromatic heterocycles. The Hall–Kier alpha value is -2.26. The zero-order valence-corrected chi connectivity index (χ0v) is 10.6. The van der Waals surface area contributed by atoms with Crippen LogP contribution in [0.25, 0.3) is 11.3 Å². The number of ether oxygens (including phenoxy) is 1. The number of hydrogen-bond donors (Lipinski definition) is 0. The summed E-state index contributed by atoms with van der Waals surface area (Å²) in [4.78, 5) is 5.86. The molecule has 0 N–H and O–H groups in total. The van der Waals surface area contributed by atoms with Crippen LogP contribution in [0.1, 0.15) is 11.1 Å². The minimum atomic E-state index is 0.768. The maximum atomic E-state index is 6.03. The molecule has 0 aliphatic carbocycles. The van der Waals surface area contributed by atoms with E-state index < -0.39 is 0 Å². The van der Waals surface area contributed by atoms with E-state index >= 15 is 0 Å². The third kappa shape index (κ3) is 1.55. The number of hydroxylamine groups is 2. The van der Waals surface area contributed by atoms with Crippen molar-refractivity contribution in [2.24, 2.45) is 0 Å². The third-order valence-electron chi connectivity index (χ3n) is 3.47. The smallest absolute Gasteiger partial charge is 0.163 e. The molecule has 0 radical (unpaired) electrons. The molecule has 3 nitrogen and oxygen atoms in total. The standard InChI is InChI=1S/C16H13NO2/c1-17-10-13-11-6-2-4-8-14(11)18-15-9-5-3-7-12(15)16(13)19-17/h2-9H,10H2,1H3. The lowest BCUT2D eigenvalue weighted by Gasteiger charge is -2.14. The summed E-state index contributed by atoms with van der Waals surface area (Å²) >= 11 is 0. The molecule has 3 heteroatoms. The second kappa shape index (κ2) is 3.87. The molecule has 0 amide bonds. The topological polar surface area (TPSA) is 21.7 Å². The zero-order valence-electron chi connectivity index (χ0n) is 10.6. The van der Waals surface area contributed by atoms with Crippen LogP contribution >= 0.6 is 0 Å². The molecule has 0 spiro atoms. The van der Waals surface area contributed by atoms with Crippen LogP contribution in [-0.4, -0.2) is 18.7 Å². The molecular weight excluding hydrogens is 238 g/mol. The fraction of sp³-hybridized carbons (Fsp3) is 0.125. The van der Waals surface area contributed by atoms with Crippen molar-refractivity contribution in [2.75, 3.05) is 13.6 Å². The van der Waals surface area contributed by atoms with Crippen LogP contribution in [0.5, 0.6) is 11.5 Å². The third-order valence-corrected chi connectivity index (χ3v) is 3.47. The number of hydrogen-bond acceptors (Lipinski definition) is 3. The van der Waals surface area contributed by atoms with E-state index in [2.05, 4.69) is 6.07 Å². The molecule has 0 unspecified atom stereocenters. The predicted molar refractivity (Wildman–Crippen MR) is 73.5 cm³/mol. The van der Waals surface area contributed by atoms with Crippen LogP contribution in [0.2, 0.25) is 0 Å². The van der Waals surface area contributed by atoms with Crippen molar-refractivity contribution in [3.63, 3.8) is 0 Å². The molecule has 2 aromatic rings. The average Bonchev–Trinajstić information content (AvgIpc) is 2.76. The summed E-state index contributed by atoms with van der Waals surface area (Å²) in [5.74, 6) is 2.64. The Morgan fingerprint density at radius 2 is 1.53 bits per heavy atom. The molecule has 2 heterocycles. The van der Waals surface area contributed by atoms with Crippen LogP contribution in [-0.2, 0) is 4.84 Å². The van der Waals surface area contributed by atoms with Crippen LogP contribution in [0.4, 0.5) is 0 Å². The molecule has 2 aliphatic rings. The van der Waals surface area contributed by atoms with Gasteiger partial charge in [-0.05, 0) is 18.2 Å². The van der Waals surface area contributed by atoms with Crippen molar-refractivity contribution in [3.05, 3.63) is 59.7 Å². The van der Waals surface area contributed by atoms with Crippen LogP contribution in [0, 0.1) is 0 Å². The first-order valence-electron chi connectivity index (χ1n) is 6.32. The van der Waals surface area contributed by atoms with E-state index in [9.17, 15) is 0 Å². The summed E-state index contributed by atoms with van der Waals surface area (Å²) in [5.41, 5.74) is 3.30. The summed E-state index contributed by atoms with van der Waals surface area (Å²) in [6.45, 7) is 0.768. The van der Waals surface area contributed by atoms with Crippen molar-refractivity contribution < 1.29 is 9.57 Å². The first kappa shape index (κ1) is 10.6. The first-order chi connectivity index (χ1) is 9.33. The van der Waals surface area contributed by atoms with Crippen molar-refractivity contribution in [1.29, 1.82) is 0 Å². The molecule has 0 fully saturated rings. The maximum absolute atomic E-state index is 6.03. The summed E-state index contributed by atoms with van der Waals surface area (Å²) < 4.78 is 6.03. The Morgan fingerprint density at radius 3 is 2.32 bits per heavy atom. The van der Waals surface area contributed by atoms with Crippen LogP contribution < -0.4 is 4.74 Å². The van der Waals surface area contributed by atoms with Crippen molar-refractivity contribution in [1.82, 2.24) is 5.06 Å². The SMILES string of the molecule is CN1CC2=C(O1)c1ccccc1Oc1ccccc12. The minimum absolute atomic E-state index is 0.768. The van der Waals surface area contributed by atoms with E-state index in [-0.39, 0.29) is 0 Å². The van der Waals surface area contributed by atoms with Gasteiger partial charge in [0.05, 0.1) is 12.1 Å². The van der Waals surface area contributed by atoms with Gasteiger partial charge in [0.25, 0.3) is 0 Å². The molecule has 0 bridgehead atoms. The van der Waals surface area contributed by atoms with E-state index in [0.29, 0.717) is 0 Å². The zero-order chi connectivity index (χ0) is 12.8. The van der Waals surface area contributed by atoms with Gasteiger partial charge in [0.1, 0.15) is 11.5 Å². The highest BCUT2D eigenvalue weighted by Crippen LogP contribution is 2.45. The van der Waals surface area contributed by atoms with Crippen LogP contribution in [0.3, 0.4) is 0 Å². The summed E-state index contributed by atoms with van der Waals surface area (Å²) in [6.07, 6.45) is 0. The number of nitrogens with zero attached hydrogens (tertiary/aromatic N) is 1. The number of benzene rings is 2. The van der Waals surface area contributed by atoms with Gasteiger partial charge in [-0.15, -0.1) is 5.06 Å². The number of para-hydroxylation sites is 2. The summed E-state index contributed by atoms with van der Waals surface area (Å²) in [5, 5.41) is 1.85. The number of rotatable bonds is 0. The monoisotopic (exact) mass is 251 g/mol. The normalized spacial score (nSPS) is 16.9. The van der Waals surface area contributed by atoms with Gasteiger partial charge in [0.15, 0.2) is 5.76 Å². The Labute approximate surface area is 111 Å². The second-order valence-electron chi connectivity index (χ2n) is 4.78.